The Morgan fingerprint density at radius 1 is 0.727 bits per heavy atom. The first kappa shape index (κ1) is 28.9. The summed E-state index contributed by atoms with van der Waals surface area (Å²) in [4.78, 5) is 22.4. The molecule has 1 aromatic rings. The van der Waals surface area contributed by atoms with Crippen LogP contribution in [0.3, 0.4) is 0 Å². The Balaban J connectivity index is 2.21. The molecule has 0 bridgehead atoms. The minimum absolute atomic E-state index is 0.0977. The van der Waals surface area contributed by atoms with E-state index in [1.54, 1.807) is 0 Å². The Morgan fingerprint density at radius 2 is 1.24 bits per heavy atom. The van der Waals surface area contributed by atoms with E-state index in [0.29, 0.717) is 44.6 Å². The van der Waals surface area contributed by atoms with Crippen LogP contribution >= 0.6 is 0 Å². The molecule has 0 atom stereocenters. The summed E-state index contributed by atoms with van der Waals surface area (Å²) in [5.41, 5.74) is -3.64. The van der Waals surface area contributed by atoms with Gasteiger partial charge in [0.15, 0.2) is 0 Å². The van der Waals surface area contributed by atoms with E-state index in [1.165, 1.54) is 0 Å². The molecule has 0 aliphatic carbocycles. The maximum atomic E-state index is 13.0. The first-order chi connectivity index (χ1) is 15.4. The Bertz CT molecular complexity index is 743. The highest BCUT2D eigenvalue weighted by Crippen LogP contribution is 2.40. The van der Waals surface area contributed by atoms with Crippen LogP contribution in [0, 0.1) is 0 Å². The van der Waals surface area contributed by atoms with E-state index >= 15 is 0 Å². The van der Waals surface area contributed by atoms with Crippen molar-refractivity contribution in [3.05, 3.63) is 34.9 Å². The van der Waals surface area contributed by atoms with Crippen molar-refractivity contribution in [1.29, 1.82) is 0 Å². The number of unbranched alkanes of at least 4 members (excludes halogenated alkanes) is 6. The van der Waals surface area contributed by atoms with Gasteiger partial charge in [0.2, 0.25) is 0 Å². The van der Waals surface area contributed by atoms with Gasteiger partial charge in [-0.1, -0.05) is 31.7 Å². The number of ketones is 1. The van der Waals surface area contributed by atoms with Crippen LogP contribution in [0.5, 0.6) is 0 Å². The van der Waals surface area contributed by atoms with E-state index in [0.717, 1.165) is 38.2 Å². The van der Waals surface area contributed by atoms with E-state index < -0.39 is 29.4 Å². The second kappa shape index (κ2) is 14.2. The normalized spacial score (nSPS) is 12.2. The smallest absolute Gasteiger partial charge is 0.417 e. The van der Waals surface area contributed by atoms with Crippen LogP contribution in [0.15, 0.2) is 18.2 Å². The van der Waals surface area contributed by atoms with Crippen molar-refractivity contribution >= 4 is 11.8 Å². The summed E-state index contributed by atoms with van der Waals surface area (Å²) in [7, 11) is 0. The summed E-state index contributed by atoms with van der Waals surface area (Å²) in [6.45, 7) is 1.03. The Morgan fingerprint density at radius 3 is 1.82 bits per heavy atom. The zero-order chi connectivity index (χ0) is 24.9. The van der Waals surface area contributed by atoms with Gasteiger partial charge < -0.3 is 9.84 Å². The van der Waals surface area contributed by atoms with Crippen LogP contribution in [0.25, 0.3) is 0 Å². The summed E-state index contributed by atoms with van der Waals surface area (Å²) in [5.74, 6) is -1.12. The van der Waals surface area contributed by atoms with Crippen LogP contribution < -0.4 is 0 Å². The van der Waals surface area contributed by atoms with Crippen LogP contribution in [0.2, 0.25) is 0 Å². The molecule has 0 amide bonds. The minimum Gasteiger partial charge on any atom is -0.481 e. The molecule has 0 aliphatic heterocycles. The van der Waals surface area contributed by atoms with E-state index in [-0.39, 0.29) is 30.6 Å². The van der Waals surface area contributed by atoms with E-state index in [2.05, 4.69) is 0 Å². The number of Topliss-reactive ketones (excluding diaryl/α,β-unsaturated/α-hetero) is 1. The van der Waals surface area contributed by atoms with Crippen molar-refractivity contribution in [3.8, 4) is 0 Å². The highest BCUT2D eigenvalue weighted by atomic mass is 19.4. The maximum Gasteiger partial charge on any atom is 0.417 e. The average Bonchev–Trinajstić information content (AvgIpc) is 2.69. The van der Waals surface area contributed by atoms with Gasteiger partial charge in [-0.05, 0) is 43.4 Å². The highest BCUT2D eigenvalue weighted by Gasteiger charge is 2.43. The Labute approximate surface area is 189 Å². The molecule has 0 saturated carbocycles. The summed E-state index contributed by atoms with van der Waals surface area (Å²) < 4.78 is 82.8. The SMILES string of the molecule is O=C(O)CCCCCCCCOCCCCC(=O)Cc1ccc(C(F)(F)F)c(C(F)(F)F)c1. The molecule has 0 aromatic heterocycles. The van der Waals surface area contributed by atoms with Gasteiger partial charge in [0.1, 0.15) is 5.78 Å². The number of rotatable bonds is 16. The molecular formula is C23H30F6O4. The number of benzene rings is 1. The number of hydrogen-bond donors (Lipinski definition) is 1. The third-order valence-electron chi connectivity index (χ3n) is 5.02. The lowest BCUT2D eigenvalue weighted by atomic mass is 9.98. The van der Waals surface area contributed by atoms with Crippen molar-refractivity contribution in [3.63, 3.8) is 0 Å². The molecule has 0 spiro atoms. The number of carbonyl (C=O) groups excluding carboxylic acids is 1. The van der Waals surface area contributed by atoms with Crippen molar-refractivity contribution in [1.82, 2.24) is 0 Å². The quantitative estimate of drug-likeness (QED) is 0.206. The lowest BCUT2D eigenvalue weighted by Crippen LogP contribution is -2.17. The highest BCUT2D eigenvalue weighted by molar-refractivity contribution is 5.80. The fourth-order valence-corrected chi connectivity index (χ4v) is 3.31. The molecule has 33 heavy (non-hydrogen) atoms. The van der Waals surface area contributed by atoms with Gasteiger partial charge in [0, 0.05) is 32.5 Å². The molecule has 0 unspecified atom stereocenters. The molecule has 0 fully saturated rings. The molecule has 0 aliphatic rings. The van der Waals surface area contributed by atoms with Gasteiger partial charge in [0.25, 0.3) is 0 Å². The lowest BCUT2D eigenvalue weighted by molar-refractivity contribution is -0.162. The standard InChI is InChI=1S/C23H30F6O4/c24-22(25,26)19-12-11-17(16-20(19)23(27,28)29)15-18(30)9-6-8-14-33-13-7-4-2-1-3-5-10-21(31)32/h11-12,16H,1-10,13-15H2,(H,31,32). The zero-order valence-electron chi connectivity index (χ0n) is 18.4. The van der Waals surface area contributed by atoms with Gasteiger partial charge in [-0.25, -0.2) is 0 Å². The minimum atomic E-state index is -5.17. The zero-order valence-corrected chi connectivity index (χ0v) is 18.4. The van der Waals surface area contributed by atoms with Crippen molar-refractivity contribution in [2.45, 2.75) is 83.0 Å². The van der Waals surface area contributed by atoms with E-state index in [4.69, 9.17) is 9.84 Å². The van der Waals surface area contributed by atoms with Crippen LogP contribution in [-0.4, -0.2) is 30.1 Å². The number of halogens is 6. The molecule has 0 saturated heterocycles. The number of aliphatic carboxylic acids is 1. The van der Waals surface area contributed by atoms with Gasteiger partial charge >= 0.3 is 18.3 Å². The molecule has 4 nitrogen and oxygen atoms in total. The Hall–Kier alpha value is -2.10. The van der Waals surface area contributed by atoms with Gasteiger partial charge in [-0.3, -0.25) is 9.59 Å². The number of carboxylic acids is 1. The molecule has 1 aromatic carbocycles. The van der Waals surface area contributed by atoms with Gasteiger partial charge in [0.05, 0.1) is 11.1 Å². The number of alkyl halides is 6. The third kappa shape index (κ3) is 12.6. The largest absolute Gasteiger partial charge is 0.481 e. The van der Waals surface area contributed by atoms with Crippen molar-refractivity contribution in [2.75, 3.05) is 13.2 Å². The molecule has 1 rings (SSSR count). The summed E-state index contributed by atoms with van der Waals surface area (Å²) >= 11 is 0. The van der Waals surface area contributed by atoms with E-state index in [9.17, 15) is 35.9 Å². The third-order valence-corrected chi connectivity index (χ3v) is 5.02. The predicted octanol–water partition coefficient (Wildman–Crippen LogP) is 6.84. The number of hydrogen-bond acceptors (Lipinski definition) is 3. The number of carboxylic acid groups (broad SMARTS) is 1. The second-order valence-corrected chi connectivity index (χ2v) is 7.93. The first-order valence-electron chi connectivity index (χ1n) is 11.0. The number of carbonyl (C=O) groups is 2. The van der Waals surface area contributed by atoms with Crippen LogP contribution in [0.1, 0.15) is 80.9 Å². The summed E-state index contributed by atoms with van der Waals surface area (Å²) in [6, 6.07) is 1.68. The summed E-state index contributed by atoms with van der Waals surface area (Å²) in [6.07, 6.45) is -3.81. The topological polar surface area (TPSA) is 63.6 Å². The van der Waals surface area contributed by atoms with Crippen LogP contribution in [-0.2, 0) is 33.1 Å². The number of ether oxygens (including phenoxy) is 1. The average molecular weight is 484 g/mol. The molecule has 1 N–H and O–H groups in total. The lowest BCUT2D eigenvalue weighted by Gasteiger charge is -2.16. The fraction of sp³-hybridized carbons (Fsp3) is 0.652. The van der Waals surface area contributed by atoms with Crippen molar-refractivity contribution < 1.29 is 45.8 Å². The Kier molecular flexibility index (Phi) is 12.5. The second-order valence-electron chi connectivity index (χ2n) is 7.93. The molecule has 10 heteroatoms. The van der Waals surface area contributed by atoms with Crippen molar-refractivity contribution in [2.24, 2.45) is 0 Å². The monoisotopic (exact) mass is 484 g/mol. The van der Waals surface area contributed by atoms with Gasteiger partial charge in [-0.15, -0.1) is 0 Å². The maximum absolute atomic E-state index is 13.0. The van der Waals surface area contributed by atoms with Crippen LogP contribution in [0.4, 0.5) is 26.3 Å². The summed E-state index contributed by atoms with van der Waals surface area (Å²) in [5, 5.41) is 8.53. The fourth-order valence-electron chi connectivity index (χ4n) is 3.31. The molecule has 0 heterocycles. The molecule has 188 valence electrons. The first-order valence-corrected chi connectivity index (χ1v) is 11.0. The molecular weight excluding hydrogens is 454 g/mol. The molecule has 0 radical (unpaired) electrons. The van der Waals surface area contributed by atoms with Gasteiger partial charge in [-0.2, -0.15) is 26.3 Å². The van der Waals surface area contributed by atoms with E-state index in [1.807, 2.05) is 0 Å². The predicted molar refractivity (Wildman–Crippen MR) is 110 cm³/mol.